The second-order valence-electron chi connectivity index (χ2n) is 6.06. The average molecular weight is 286 g/mol. The second kappa shape index (κ2) is 8.55. The Bertz CT molecular complexity index is 351. The van der Waals surface area contributed by atoms with Gasteiger partial charge in [-0.3, -0.25) is 14.9 Å². The highest BCUT2D eigenvalue weighted by Crippen LogP contribution is 2.19. The van der Waals surface area contributed by atoms with Crippen LogP contribution in [-0.2, 0) is 9.59 Å². The van der Waals surface area contributed by atoms with E-state index in [1.807, 2.05) is 0 Å². The Labute approximate surface area is 120 Å². The molecule has 0 aromatic heterocycles. The molecule has 0 aliphatic heterocycles. The zero-order valence-electron chi connectivity index (χ0n) is 12.8. The number of amides is 3. The molecule has 0 bridgehead atoms. The number of carbonyl (C=O) groups excluding carboxylic acids is 2. The Kier molecular flexibility index (Phi) is 7.87. The first-order valence-corrected chi connectivity index (χ1v) is 6.96. The van der Waals surface area contributed by atoms with Gasteiger partial charge in [0.25, 0.3) is 0 Å². The number of carboxylic acid groups (broad SMARTS) is 1. The van der Waals surface area contributed by atoms with Gasteiger partial charge in [-0.15, -0.1) is 0 Å². The summed E-state index contributed by atoms with van der Waals surface area (Å²) < 4.78 is 0. The van der Waals surface area contributed by atoms with E-state index in [9.17, 15) is 14.4 Å². The van der Waals surface area contributed by atoms with E-state index in [2.05, 4.69) is 24.5 Å². The van der Waals surface area contributed by atoms with Crippen LogP contribution in [0.1, 0.15) is 53.4 Å². The summed E-state index contributed by atoms with van der Waals surface area (Å²) in [5, 5.41) is 13.6. The summed E-state index contributed by atoms with van der Waals surface area (Å²) in [5.41, 5.74) is -1.18. The standard InChI is InChI=1S/C14H26N2O4/c1-10(2)7-5-6-8-15-13(20)16-11(17)9-14(3,4)12(18)19/h10H,5-9H2,1-4H3,(H,18,19)(H2,15,16,17,20). The lowest BCUT2D eigenvalue weighted by atomic mass is 9.89. The van der Waals surface area contributed by atoms with E-state index in [0.717, 1.165) is 19.3 Å². The Morgan fingerprint density at radius 3 is 2.25 bits per heavy atom. The van der Waals surface area contributed by atoms with Crippen LogP contribution in [0.5, 0.6) is 0 Å². The number of unbranched alkanes of at least 4 members (excludes halogenated alkanes) is 1. The van der Waals surface area contributed by atoms with E-state index in [0.29, 0.717) is 12.5 Å². The molecule has 0 aromatic rings. The minimum atomic E-state index is -1.18. The lowest BCUT2D eigenvalue weighted by Gasteiger charge is -2.17. The van der Waals surface area contributed by atoms with Crippen LogP contribution in [0, 0.1) is 11.3 Å². The molecule has 0 atom stereocenters. The lowest BCUT2D eigenvalue weighted by molar-refractivity contribution is -0.149. The first-order valence-electron chi connectivity index (χ1n) is 6.96. The smallest absolute Gasteiger partial charge is 0.321 e. The third-order valence-corrected chi connectivity index (χ3v) is 2.93. The molecule has 0 saturated heterocycles. The van der Waals surface area contributed by atoms with Crippen molar-refractivity contribution in [1.82, 2.24) is 10.6 Å². The van der Waals surface area contributed by atoms with Gasteiger partial charge in [-0.1, -0.05) is 26.7 Å². The molecule has 0 aliphatic carbocycles. The summed E-state index contributed by atoms with van der Waals surface area (Å²) in [5.74, 6) is -1.01. The summed E-state index contributed by atoms with van der Waals surface area (Å²) in [6.07, 6.45) is 2.76. The van der Waals surface area contributed by atoms with Crippen molar-refractivity contribution in [2.24, 2.45) is 11.3 Å². The highest BCUT2D eigenvalue weighted by Gasteiger charge is 2.30. The highest BCUT2D eigenvalue weighted by molar-refractivity contribution is 5.96. The van der Waals surface area contributed by atoms with E-state index in [4.69, 9.17) is 5.11 Å². The number of hydrogen-bond acceptors (Lipinski definition) is 3. The molecular formula is C14H26N2O4. The summed E-state index contributed by atoms with van der Waals surface area (Å²) in [7, 11) is 0. The molecule has 0 saturated carbocycles. The van der Waals surface area contributed by atoms with E-state index >= 15 is 0 Å². The molecule has 116 valence electrons. The molecule has 0 fully saturated rings. The van der Waals surface area contributed by atoms with Gasteiger partial charge in [0, 0.05) is 13.0 Å². The van der Waals surface area contributed by atoms with E-state index in [1.54, 1.807) is 0 Å². The van der Waals surface area contributed by atoms with Gasteiger partial charge in [0.15, 0.2) is 0 Å². The first-order chi connectivity index (χ1) is 9.15. The summed E-state index contributed by atoms with van der Waals surface area (Å²) in [4.78, 5) is 33.8. The molecule has 6 nitrogen and oxygen atoms in total. The number of rotatable bonds is 8. The normalized spacial score (nSPS) is 11.2. The van der Waals surface area contributed by atoms with Crippen LogP contribution in [0.4, 0.5) is 4.79 Å². The molecule has 3 N–H and O–H groups in total. The lowest BCUT2D eigenvalue weighted by Crippen LogP contribution is -2.42. The first kappa shape index (κ1) is 18.4. The van der Waals surface area contributed by atoms with Crippen LogP contribution in [-0.4, -0.2) is 29.6 Å². The topological polar surface area (TPSA) is 95.5 Å². The van der Waals surface area contributed by atoms with Crippen molar-refractivity contribution in [3.8, 4) is 0 Å². The fourth-order valence-corrected chi connectivity index (χ4v) is 1.57. The van der Waals surface area contributed by atoms with Gasteiger partial charge in [-0.2, -0.15) is 0 Å². The molecule has 0 spiro atoms. The molecule has 3 amide bonds. The van der Waals surface area contributed by atoms with Crippen molar-refractivity contribution in [1.29, 1.82) is 0 Å². The Morgan fingerprint density at radius 1 is 1.15 bits per heavy atom. The monoisotopic (exact) mass is 286 g/mol. The number of imide groups is 1. The van der Waals surface area contributed by atoms with Gasteiger partial charge >= 0.3 is 12.0 Å². The molecule has 20 heavy (non-hydrogen) atoms. The van der Waals surface area contributed by atoms with E-state index in [-0.39, 0.29) is 6.42 Å². The predicted molar refractivity (Wildman–Crippen MR) is 76.3 cm³/mol. The second-order valence-corrected chi connectivity index (χ2v) is 6.06. The molecule has 0 aliphatic rings. The van der Waals surface area contributed by atoms with Crippen molar-refractivity contribution in [3.05, 3.63) is 0 Å². The van der Waals surface area contributed by atoms with Crippen molar-refractivity contribution in [3.63, 3.8) is 0 Å². The largest absolute Gasteiger partial charge is 0.481 e. The summed E-state index contributed by atoms with van der Waals surface area (Å²) in [6, 6.07) is -0.569. The van der Waals surface area contributed by atoms with Crippen molar-refractivity contribution < 1.29 is 19.5 Å². The maximum atomic E-state index is 11.5. The van der Waals surface area contributed by atoms with Gasteiger partial charge in [0.1, 0.15) is 0 Å². The SMILES string of the molecule is CC(C)CCCCNC(=O)NC(=O)CC(C)(C)C(=O)O. The number of carboxylic acids is 1. The van der Waals surface area contributed by atoms with Crippen LogP contribution < -0.4 is 10.6 Å². The Morgan fingerprint density at radius 2 is 1.75 bits per heavy atom. The highest BCUT2D eigenvalue weighted by atomic mass is 16.4. The van der Waals surface area contributed by atoms with Crippen molar-refractivity contribution in [2.75, 3.05) is 6.54 Å². The molecule has 6 heteroatoms. The number of carbonyl (C=O) groups is 3. The molecule has 0 heterocycles. The van der Waals surface area contributed by atoms with Gasteiger partial charge in [-0.05, 0) is 26.2 Å². The number of aliphatic carboxylic acids is 1. The van der Waals surface area contributed by atoms with Crippen molar-refractivity contribution in [2.45, 2.75) is 53.4 Å². The van der Waals surface area contributed by atoms with E-state index in [1.165, 1.54) is 13.8 Å². The molecule has 0 unspecified atom stereocenters. The Hall–Kier alpha value is -1.59. The number of hydrogen-bond donors (Lipinski definition) is 3. The fourth-order valence-electron chi connectivity index (χ4n) is 1.57. The van der Waals surface area contributed by atoms with Crippen LogP contribution in [0.3, 0.4) is 0 Å². The van der Waals surface area contributed by atoms with Crippen molar-refractivity contribution >= 4 is 17.9 Å². The van der Waals surface area contributed by atoms with Gasteiger partial charge in [0.05, 0.1) is 5.41 Å². The minimum Gasteiger partial charge on any atom is -0.481 e. The number of nitrogens with one attached hydrogen (secondary N) is 2. The van der Waals surface area contributed by atoms with Crippen LogP contribution >= 0.6 is 0 Å². The molecule has 0 radical (unpaired) electrons. The quantitative estimate of drug-likeness (QED) is 0.596. The number of urea groups is 1. The fraction of sp³-hybridized carbons (Fsp3) is 0.786. The van der Waals surface area contributed by atoms with Gasteiger partial charge in [-0.25, -0.2) is 4.79 Å². The molecule has 0 aromatic carbocycles. The Balaban J connectivity index is 3.86. The third kappa shape index (κ3) is 8.50. The average Bonchev–Trinajstić information content (AvgIpc) is 2.26. The molecule has 0 rings (SSSR count). The zero-order valence-corrected chi connectivity index (χ0v) is 12.8. The van der Waals surface area contributed by atoms with Crippen LogP contribution in [0.25, 0.3) is 0 Å². The van der Waals surface area contributed by atoms with Crippen LogP contribution in [0.15, 0.2) is 0 Å². The maximum absolute atomic E-state index is 11.5. The maximum Gasteiger partial charge on any atom is 0.321 e. The predicted octanol–water partition coefficient (Wildman–Crippen LogP) is 2.14. The summed E-state index contributed by atoms with van der Waals surface area (Å²) >= 11 is 0. The summed E-state index contributed by atoms with van der Waals surface area (Å²) in [6.45, 7) is 7.68. The minimum absolute atomic E-state index is 0.233. The molecular weight excluding hydrogens is 260 g/mol. The van der Waals surface area contributed by atoms with Crippen LogP contribution in [0.2, 0.25) is 0 Å². The van der Waals surface area contributed by atoms with E-state index < -0.39 is 23.3 Å². The third-order valence-electron chi connectivity index (χ3n) is 2.93. The zero-order chi connectivity index (χ0) is 15.8. The van der Waals surface area contributed by atoms with Gasteiger partial charge < -0.3 is 10.4 Å². The van der Waals surface area contributed by atoms with Gasteiger partial charge in [0.2, 0.25) is 5.91 Å².